The number of thioether (sulfide) groups is 1. The molecule has 2 heterocycles. The summed E-state index contributed by atoms with van der Waals surface area (Å²) in [5.74, 6) is -0.0871. The molecule has 0 bridgehead atoms. The summed E-state index contributed by atoms with van der Waals surface area (Å²) in [6.07, 6.45) is 5.85. The van der Waals surface area contributed by atoms with E-state index >= 15 is 0 Å². The van der Waals surface area contributed by atoms with E-state index in [-0.39, 0.29) is 34.9 Å². The van der Waals surface area contributed by atoms with Gasteiger partial charge in [-0.05, 0) is 30.5 Å². The number of imide groups is 1. The molecule has 1 saturated carbocycles. The molecule has 1 aromatic rings. The van der Waals surface area contributed by atoms with Crippen molar-refractivity contribution in [2.75, 3.05) is 38.6 Å². The molecule has 1 N–H and O–H groups in total. The van der Waals surface area contributed by atoms with Gasteiger partial charge in [0.1, 0.15) is 0 Å². The van der Waals surface area contributed by atoms with E-state index in [1.165, 1.54) is 24.2 Å². The zero-order valence-electron chi connectivity index (χ0n) is 17.2. The van der Waals surface area contributed by atoms with Crippen LogP contribution >= 0.6 is 11.8 Å². The van der Waals surface area contributed by atoms with Gasteiger partial charge >= 0.3 is 0 Å². The van der Waals surface area contributed by atoms with E-state index in [1.807, 2.05) is 6.07 Å². The van der Waals surface area contributed by atoms with Crippen LogP contribution in [0.5, 0.6) is 0 Å². The van der Waals surface area contributed by atoms with Gasteiger partial charge in [0.2, 0.25) is 5.91 Å². The van der Waals surface area contributed by atoms with Crippen molar-refractivity contribution in [3.05, 3.63) is 35.4 Å². The van der Waals surface area contributed by atoms with Crippen LogP contribution in [-0.2, 0) is 16.1 Å². The van der Waals surface area contributed by atoms with Crippen molar-refractivity contribution >= 4 is 28.8 Å². The monoisotopic (exact) mass is 431 g/mol. The van der Waals surface area contributed by atoms with Gasteiger partial charge in [0.05, 0.1) is 25.5 Å². The number of nitrogens with one attached hydrogen (secondary N) is 1. The minimum Gasteiger partial charge on any atom is -0.379 e. The molecule has 8 heteroatoms. The number of amides is 3. The van der Waals surface area contributed by atoms with Gasteiger partial charge in [0.15, 0.2) is 0 Å². The standard InChI is InChI=1S/C22H29N3O4S/c26-19-15-30-21(28)25(19)14-17-5-4-6-18(13-17)20(27)23-16-22(7-2-1-3-8-22)24-9-11-29-12-10-24/h4-6,13H,1-3,7-12,14-16H2,(H,23,27). The maximum atomic E-state index is 12.9. The molecule has 1 aliphatic carbocycles. The van der Waals surface area contributed by atoms with Gasteiger partial charge in [-0.1, -0.05) is 43.2 Å². The average Bonchev–Trinajstić information content (AvgIpc) is 3.11. The highest BCUT2D eigenvalue weighted by atomic mass is 32.2. The molecule has 4 rings (SSSR count). The molecule has 7 nitrogen and oxygen atoms in total. The lowest BCUT2D eigenvalue weighted by molar-refractivity contribution is -0.125. The Labute approximate surface area is 181 Å². The smallest absolute Gasteiger partial charge is 0.289 e. The number of hydrogen-bond donors (Lipinski definition) is 1. The third-order valence-corrected chi connectivity index (χ3v) is 7.27. The van der Waals surface area contributed by atoms with Crippen LogP contribution in [0.25, 0.3) is 0 Å². The number of hydrogen-bond acceptors (Lipinski definition) is 6. The maximum absolute atomic E-state index is 12.9. The Morgan fingerprint density at radius 3 is 2.60 bits per heavy atom. The third-order valence-electron chi connectivity index (χ3n) is 6.41. The fraction of sp³-hybridized carbons (Fsp3) is 0.591. The number of carbonyl (C=O) groups excluding carboxylic acids is 3. The number of morpholine rings is 1. The molecular formula is C22H29N3O4S. The van der Waals surface area contributed by atoms with E-state index in [0.717, 1.165) is 56.5 Å². The minimum atomic E-state index is -0.223. The summed E-state index contributed by atoms with van der Waals surface area (Å²) in [4.78, 5) is 40.4. The molecule has 3 amide bonds. The Kier molecular flexibility index (Phi) is 6.75. The van der Waals surface area contributed by atoms with Crippen molar-refractivity contribution in [3.8, 4) is 0 Å². The molecule has 0 unspecified atom stereocenters. The number of rotatable bonds is 6. The molecule has 0 spiro atoms. The van der Waals surface area contributed by atoms with Gasteiger partial charge in [0, 0.05) is 30.7 Å². The molecule has 3 fully saturated rings. The highest BCUT2D eigenvalue weighted by Crippen LogP contribution is 2.34. The highest BCUT2D eigenvalue weighted by molar-refractivity contribution is 8.14. The predicted octanol–water partition coefficient (Wildman–Crippen LogP) is 2.65. The molecular weight excluding hydrogens is 402 g/mol. The van der Waals surface area contributed by atoms with E-state index in [4.69, 9.17) is 4.74 Å². The average molecular weight is 432 g/mol. The molecule has 2 aliphatic heterocycles. The minimum absolute atomic E-state index is 0.0148. The molecule has 162 valence electrons. The van der Waals surface area contributed by atoms with Crippen LogP contribution in [0.1, 0.15) is 48.0 Å². The summed E-state index contributed by atoms with van der Waals surface area (Å²) in [6, 6.07) is 7.21. The summed E-state index contributed by atoms with van der Waals surface area (Å²) in [5.41, 5.74) is 1.36. The van der Waals surface area contributed by atoms with Gasteiger partial charge in [-0.25, -0.2) is 0 Å². The van der Waals surface area contributed by atoms with Crippen LogP contribution in [0.4, 0.5) is 4.79 Å². The summed E-state index contributed by atoms with van der Waals surface area (Å²) >= 11 is 1.02. The zero-order chi connectivity index (χ0) is 21.0. The third kappa shape index (κ3) is 4.71. The first kappa shape index (κ1) is 21.3. The first-order valence-electron chi connectivity index (χ1n) is 10.7. The quantitative estimate of drug-likeness (QED) is 0.746. The molecule has 3 aliphatic rings. The normalized spacial score (nSPS) is 22.3. The molecule has 0 atom stereocenters. The Balaban J connectivity index is 1.41. The lowest BCUT2D eigenvalue weighted by Crippen LogP contribution is -2.59. The Morgan fingerprint density at radius 1 is 1.13 bits per heavy atom. The second-order valence-electron chi connectivity index (χ2n) is 8.30. The Bertz CT molecular complexity index is 787. The first-order chi connectivity index (χ1) is 14.6. The van der Waals surface area contributed by atoms with Gasteiger partial charge in [-0.2, -0.15) is 0 Å². The number of carbonyl (C=O) groups is 3. The fourth-order valence-electron chi connectivity index (χ4n) is 4.73. The molecule has 0 aromatic heterocycles. The molecule has 30 heavy (non-hydrogen) atoms. The molecule has 0 radical (unpaired) electrons. The topological polar surface area (TPSA) is 79.0 Å². The van der Waals surface area contributed by atoms with Crippen molar-refractivity contribution in [1.29, 1.82) is 0 Å². The highest BCUT2D eigenvalue weighted by Gasteiger charge is 2.39. The van der Waals surface area contributed by atoms with Crippen molar-refractivity contribution in [2.45, 2.75) is 44.2 Å². The summed E-state index contributed by atoms with van der Waals surface area (Å²) < 4.78 is 5.53. The van der Waals surface area contributed by atoms with Gasteiger partial charge in [0.25, 0.3) is 11.1 Å². The SMILES string of the molecule is O=C(NCC1(N2CCOCC2)CCCCC1)c1cccc(CN2C(=O)CSC2=O)c1. The van der Waals surface area contributed by atoms with Gasteiger partial charge in [-0.15, -0.1) is 0 Å². The summed E-state index contributed by atoms with van der Waals surface area (Å²) in [5, 5.41) is 2.95. The van der Waals surface area contributed by atoms with Crippen molar-refractivity contribution in [3.63, 3.8) is 0 Å². The van der Waals surface area contributed by atoms with Crippen molar-refractivity contribution < 1.29 is 19.1 Å². The summed E-state index contributed by atoms with van der Waals surface area (Å²) in [6.45, 7) is 4.19. The van der Waals surface area contributed by atoms with Gasteiger partial charge in [-0.3, -0.25) is 24.2 Å². The lowest BCUT2D eigenvalue weighted by Gasteiger charge is -2.48. The Hall–Kier alpha value is -1.90. The number of nitrogens with zero attached hydrogens (tertiary/aromatic N) is 2. The fourth-order valence-corrected chi connectivity index (χ4v) is 5.45. The first-order valence-corrected chi connectivity index (χ1v) is 11.7. The van der Waals surface area contributed by atoms with Gasteiger partial charge < -0.3 is 10.1 Å². The van der Waals surface area contributed by atoms with Crippen molar-refractivity contribution in [2.24, 2.45) is 0 Å². The van der Waals surface area contributed by atoms with Crippen LogP contribution in [0, 0.1) is 0 Å². The van der Waals surface area contributed by atoms with Crippen molar-refractivity contribution in [1.82, 2.24) is 15.1 Å². The second kappa shape index (κ2) is 9.49. The van der Waals surface area contributed by atoms with E-state index < -0.39 is 0 Å². The van der Waals surface area contributed by atoms with E-state index in [2.05, 4.69) is 10.2 Å². The van der Waals surface area contributed by atoms with Crippen LogP contribution in [-0.4, -0.2) is 71.0 Å². The van der Waals surface area contributed by atoms with Crippen LogP contribution < -0.4 is 5.32 Å². The zero-order valence-corrected chi connectivity index (χ0v) is 18.0. The van der Waals surface area contributed by atoms with E-state index in [0.29, 0.717) is 12.1 Å². The van der Waals surface area contributed by atoms with Crippen LogP contribution in [0.15, 0.2) is 24.3 Å². The van der Waals surface area contributed by atoms with Crippen LogP contribution in [0.3, 0.4) is 0 Å². The van der Waals surface area contributed by atoms with E-state index in [9.17, 15) is 14.4 Å². The maximum Gasteiger partial charge on any atom is 0.289 e. The van der Waals surface area contributed by atoms with Crippen LogP contribution in [0.2, 0.25) is 0 Å². The second-order valence-corrected chi connectivity index (χ2v) is 9.23. The summed E-state index contributed by atoms with van der Waals surface area (Å²) in [7, 11) is 0. The molecule has 2 saturated heterocycles. The number of benzene rings is 1. The van der Waals surface area contributed by atoms with E-state index in [1.54, 1.807) is 18.2 Å². The number of ether oxygens (including phenoxy) is 1. The molecule has 1 aromatic carbocycles. The lowest BCUT2D eigenvalue weighted by atomic mass is 9.79. The largest absolute Gasteiger partial charge is 0.379 e. The predicted molar refractivity (Wildman–Crippen MR) is 115 cm³/mol. The Morgan fingerprint density at radius 2 is 1.90 bits per heavy atom.